The van der Waals surface area contributed by atoms with Crippen molar-refractivity contribution in [2.45, 2.75) is 102 Å². The van der Waals surface area contributed by atoms with Crippen LogP contribution in [0.2, 0.25) is 0 Å². The van der Waals surface area contributed by atoms with Crippen molar-refractivity contribution >= 4 is 11.6 Å². The molecule has 4 aromatic carbocycles. The van der Waals surface area contributed by atoms with Gasteiger partial charge in [-0.2, -0.15) is 0 Å². The average molecular weight is 983 g/mol. The Kier molecular flexibility index (Phi) is 28.2. The number of Topliss-reactive ketones (excluding diaryl/α,β-unsaturated/α-hetero) is 2. The maximum Gasteiger partial charge on any atom is 0.167 e. The summed E-state index contributed by atoms with van der Waals surface area (Å²) in [6.45, 7) is 32.5. The van der Waals surface area contributed by atoms with Crippen molar-refractivity contribution < 1.29 is 9.59 Å². The van der Waals surface area contributed by atoms with E-state index < -0.39 is 0 Å². The molecule has 73 heavy (non-hydrogen) atoms. The van der Waals surface area contributed by atoms with Crippen molar-refractivity contribution in [1.82, 2.24) is 39.5 Å². The zero-order valence-electron chi connectivity index (χ0n) is 46.3. The third-order valence-electron chi connectivity index (χ3n) is 11.8. The number of ketones is 2. The standard InChI is InChI=1S/C28H30N4O.C27H28N4O.4C2H6/c1-21-27(19-29-22(2)30-21)12-11-23-5-4-6-26(17-23)28(33)18-24-7-9-25(10-8-24)20-32-15-13-31(3)14-16-32;1-21-26(18-28-20-29-21)11-10-22-4-3-5-25(16-22)27(32)17-23-6-8-24(9-7-23)19-31-14-12-30(2)13-15-31;4*1-2/h4-10,17,19H,13-16,18,20H2,1-3H3;3-9,16,18,20H,12-15,17,19H2,1-2H3;4*1-2H3. The number of likely N-dealkylation sites (N-methyl/N-ethyl adjacent to an activating group) is 2. The van der Waals surface area contributed by atoms with Crippen molar-refractivity contribution in [2.24, 2.45) is 0 Å². The third-order valence-corrected chi connectivity index (χ3v) is 11.8. The Hall–Kier alpha value is -6.66. The molecule has 0 amide bonds. The van der Waals surface area contributed by atoms with Gasteiger partial charge in [0.05, 0.1) is 22.5 Å². The normalized spacial score (nSPS) is 13.3. The number of hydrogen-bond donors (Lipinski definition) is 0. The predicted molar refractivity (Wildman–Crippen MR) is 303 cm³/mol. The molecule has 386 valence electrons. The van der Waals surface area contributed by atoms with Gasteiger partial charge in [0.25, 0.3) is 0 Å². The topological polar surface area (TPSA) is 98.7 Å². The van der Waals surface area contributed by atoms with Gasteiger partial charge in [-0.1, -0.05) is 152 Å². The fourth-order valence-corrected chi connectivity index (χ4v) is 7.67. The number of rotatable bonds is 10. The molecule has 0 unspecified atom stereocenters. The zero-order valence-corrected chi connectivity index (χ0v) is 46.3. The zero-order chi connectivity index (χ0) is 53.5. The first kappa shape index (κ1) is 60.6. The van der Waals surface area contributed by atoms with Gasteiger partial charge in [0.2, 0.25) is 0 Å². The van der Waals surface area contributed by atoms with Crippen LogP contribution in [0, 0.1) is 44.5 Å². The summed E-state index contributed by atoms with van der Waals surface area (Å²) in [5, 5.41) is 0. The lowest BCUT2D eigenvalue weighted by Crippen LogP contribution is -2.43. The van der Waals surface area contributed by atoms with Gasteiger partial charge in [0.15, 0.2) is 11.6 Å². The van der Waals surface area contributed by atoms with Crippen molar-refractivity contribution in [3.8, 4) is 23.7 Å². The van der Waals surface area contributed by atoms with Gasteiger partial charge in [-0.05, 0) is 81.4 Å². The van der Waals surface area contributed by atoms with E-state index in [0.717, 1.165) is 116 Å². The molecule has 0 radical (unpaired) electrons. The minimum absolute atomic E-state index is 0.0969. The largest absolute Gasteiger partial charge is 0.304 e. The van der Waals surface area contributed by atoms with Crippen LogP contribution in [0.1, 0.15) is 138 Å². The van der Waals surface area contributed by atoms with E-state index in [4.69, 9.17) is 0 Å². The lowest BCUT2D eigenvalue weighted by molar-refractivity contribution is 0.0984. The second kappa shape index (κ2) is 33.9. The summed E-state index contributed by atoms with van der Waals surface area (Å²) in [6.07, 6.45) is 5.73. The van der Waals surface area contributed by atoms with Gasteiger partial charge in [-0.15, -0.1) is 0 Å². The summed E-state index contributed by atoms with van der Waals surface area (Å²) in [6, 6.07) is 31.9. The summed E-state index contributed by atoms with van der Waals surface area (Å²) >= 11 is 0. The summed E-state index contributed by atoms with van der Waals surface area (Å²) in [4.78, 5) is 52.2. The molecule has 2 aromatic heterocycles. The molecule has 4 heterocycles. The molecule has 10 nitrogen and oxygen atoms in total. The highest BCUT2D eigenvalue weighted by atomic mass is 16.1. The maximum atomic E-state index is 12.9. The van der Waals surface area contributed by atoms with Gasteiger partial charge in [-0.3, -0.25) is 19.4 Å². The van der Waals surface area contributed by atoms with Crippen LogP contribution in [0.3, 0.4) is 0 Å². The SMILES string of the molecule is CC.CC.CC.CC.Cc1ncc(C#Cc2cccc(C(=O)Cc3ccc(CN4CCN(C)CC4)cc3)c2)c(C)n1.Cc1ncncc1C#Cc1cccc(C(=O)Cc2ccc(CN3CCN(C)CC3)cc2)c1. The van der Waals surface area contributed by atoms with Gasteiger partial charge < -0.3 is 9.80 Å². The second-order valence-corrected chi connectivity index (χ2v) is 17.1. The highest BCUT2D eigenvalue weighted by Gasteiger charge is 2.16. The van der Waals surface area contributed by atoms with E-state index in [0.29, 0.717) is 24.0 Å². The van der Waals surface area contributed by atoms with Crippen LogP contribution >= 0.6 is 0 Å². The molecule has 2 aliphatic rings. The summed E-state index contributed by atoms with van der Waals surface area (Å²) in [7, 11) is 4.34. The first-order valence-corrected chi connectivity index (χ1v) is 26.4. The lowest BCUT2D eigenvalue weighted by Gasteiger charge is -2.32. The molecule has 0 N–H and O–H groups in total. The van der Waals surface area contributed by atoms with Crippen LogP contribution in [0.15, 0.2) is 116 Å². The molecule has 8 rings (SSSR count). The average Bonchev–Trinajstić information content (AvgIpc) is 3.43. The maximum absolute atomic E-state index is 12.9. The quantitative estimate of drug-likeness (QED) is 0.0975. The fraction of sp³-hybridized carbons (Fsp3) is 0.397. The van der Waals surface area contributed by atoms with Crippen molar-refractivity contribution in [2.75, 3.05) is 66.5 Å². The summed E-state index contributed by atoms with van der Waals surface area (Å²) in [5.41, 5.74) is 10.9. The molecule has 2 saturated heterocycles. The fourth-order valence-electron chi connectivity index (χ4n) is 7.67. The van der Waals surface area contributed by atoms with E-state index in [-0.39, 0.29) is 11.6 Å². The number of piperazine rings is 2. The Morgan fingerprint density at radius 3 is 1.27 bits per heavy atom. The first-order chi connectivity index (χ1) is 35.5. The van der Waals surface area contributed by atoms with Crippen LogP contribution in [-0.4, -0.2) is 118 Å². The van der Waals surface area contributed by atoms with E-state index in [2.05, 4.69) is 126 Å². The lowest BCUT2D eigenvalue weighted by atomic mass is 10.0. The molecule has 2 aliphatic heterocycles. The molecule has 0 saturated carbocycles. The summed E-state index contributed by atoms with van der Waals surface area (Å²) in [5.74, 6) is 13.4. The molecule has 10 heteroatoms. The second-order valence-electron chi connectivity index (χ2n) is 17.1. The highest BCUT2D eigenvalue weighted by Crippen LogP contribution is 2.16. The number of carbonyl (C=O) groups is 2. The smallest absolute Gasteiger partial charge is 0.167 e. The minimum atomic E-state index is 0.0969. The van der Waals surface area contributed by atoms with Crippen molar-refractivity contribution in [1.29, 1.82) is 0 Å². The van der Waals surface area contributed by atoms with Crippen molar-refractivity contribution in [3.63, 3.8) is 0 Å². The Bertz CT molecular complexity index is 2700. The number of aromatic nitrogens is 4. The third kappa shape index (κ3) is 21.1. The van der Waals surface area contributed by atoms with Crippen LogP contribution in [0.5, 0.6) is 0 Å². The van der Waals surface area contributed by atoms with Gasteiger partial charge in [-0.25, -0.2) is 19.9 Å². The Labute approximate surface area is 439 Å². The number of aryl methyl sites for hydroxylation is 3. The van der Waals surface area contributed by atoms with E-state index in [9.17, 15) is 9.59 Å². The predicted octanol–water partition coefficient (Wildman–Crippen LogP) is 11.1. The summed E-state index contributed by atoms with van der Waals surface area (Å²) < 4.78 is 0. The van der Waals surface area contributed by atoms with Crippen LogP contribution in [0.4, 0.5) is 0 Å². The Morgan fingerprint density at radius 1 is 0.479 bits per heavy atom. The van der Waals surface area contributed by atoms with Crippen LogP contribution in [-0.2, 0) is 25.9 Å². The molecular weight excluding hydrogens is 901 g/mol. The van der Waals surface area contributed by atoms with Crippen LogP contribution < -0.4 is 0 Å². The Balaban J connectivity index is 0.000000339. The van der Waals surface area contributed by atoms with E-state index in [1.54, 1.807) is 12.4 Å². The van der Waals surface area contributed by atoms with E-state index in [1.807, 2.05) is 125 Å². The first-order valence-electron chi connectivity index (χ1n) is 26.4. The number of benzene rings is 4. The van der Waals surface area contributed by atoms with Gasteiger partial charge in [0, 0.05) is 113 Å². The highest BCUT2D eigenvalue weighted by molar-refractivity contribution is 5.98. The number of nitrogens with zero attached hydrogens (tertiary/aromatic N) is 8. The molecule has 0 bridgehead atoms. The molecular formula is C63H82N8O2. The monoisotopic (exact) mass is 983 g/mol. The number of carbonyl (C=O) groups excluding carboxylic acids is 2. The van der Waals surface area contributed by atoms with Gasteiger partial charge in [0.1, 0.15) is 12.2 Å². The minimum Gasteiger partial charge on any atom is -0.304 e. The number of hydrogen-bond acceptors (Lipinski definition) is 10. The van der Waals surface area contributed by atoms with E-state index >= 15 is 0 Å². The molecule has 0 atom stereocenters. The molecule has 0 spiro atoms. The van der Waals surface area contributed by atoms with Gasteiger partial charge >= 0.3 is 0 Å². The van der Waals surface area contributed by atoms with E-state index in [1.165, 1.54) is 17.5 Å². The van der Waals surface area contributed by atoms with Crippen molar-refractivity contribution in [3.05, 3.63) is 189 Å². The molecule has 6 aromatic rings. The molecule has 0 aliphatic carbocycles. The molecule has 2 fully saturated rings. The Morgan fingerprint density at radius 2 is 0.877 bits per heavy atom. The van der Waals surface area contributed by atoms with Crippen LogP contribution in [0.25, 0.3) is 0 Å².